The summed E-state index contributed by atoms with van der Waals surface area (Å²) in [6, 6.07) is 5.83. The fraction of sp³-hybridized carbons (Fsp3) is 0.200. The fourth-order valence-electron chi connectivity index (χ4n) is 1.29. The first-order chi connectivity index (χ1) is 5.81. The molecule has 0 N–H and O–H groups in total. The summed E-state index contributed by atoms with van der Waals surface area (Å²) in [5, 5.41) is 5.04. The minimum Gasteiger partial charge on any atom is -0.356 e. The van der Waals surface area contributed by atoms with E-state index in [0.717, 1.165) is 28.6 Å². The highest BCUT2D eigenvalue weighted by Gasteiger charge is 2.04. The fourth-order valence-corrected chi connectivity index (χ4v) is 1.29. The van der Waals surface area contributed by atoms with E-state index >= 15 is 0 Å². The molecule has 2 heteroatoms. The van der Waals surface area contributed by atoms with Gasteiger partial charge in [-0.2, -0.15) is 0 Å². The summed E-state index contributed by atoms with van der Waals surface area (Å²) < 4.78 is 5.12. The zero-order chi connectivity index (χ0) is 8.55. The van der Waals surface area contributed by atoms with Gasteiger partial charge < -0.3 is 4.52 Å². The van der Waals surface area contributed by atoms with Gasteiger partial charge in [-0.25, -0.2) is 0 Å². The molecule has 0 spiro atoms. The van der Waals surface area contributed by atoms with Crippen molar-refractivity contribution in [2.45, 2.75) is 13.3 Å². The molecule has 0 atom stereocenters. The third kappa shape index (κ3) is 0.998. The maximum atomic E-state index is 5.12. The molecule has 0 aliphatic heterocycles. The van der Waals surface area contributed by atoms with E-state index in [2.05, 4.69) is 19.0 Å². The van der Waals surface area contributed by atoms with Crippen LogP contribution in [0.2, 0.25) is 0 Å². The molecule has 1 aromatic carbocycles. The second kappa shape index (κ2) is 2.63. The van der Waals surface area contributed by atoms with Gasteiger partial charge >= 0.3 is 0 Å². The molecule has 0 saturated carbocycles. The Morgan fingerprint density at radius 1 is 1.50 bits per heavy atom. The van der Waals surface area contributed by atoms with Crippen LogP contribution in [-0.4, -0.2) is 5.16 Å². The summed E-state index contributed by atoms with van der Waals surface area (Å²) in [6.45, 7) is 5.92. The zero-order valence-corrected chi connectivity index (χ0v) is 7.00. The number of nitrogens with zero attached hydrogens (tertiary/aromatic N) is 1. The summed E-state index contributed by atoms with van der Waals surface area (Å²) in [7, 11) is 0. The molecule has 0 aliphatic carbocycles. The molecule has 61 valence electrons. The van der Waals surface area contributed by atoms with Crippen molar-refractivity contribution in [3.05, 3.63) is 36.4 Å². The predicted molar refractivity (Wildman–Crippen MR) is 47.8 cm³/mol. The first kappa shape index (κ1) is 7.35. The second-order valence-corrected chi connectivity index (χ2v) is 2.81. The number of hydrogen-bond acceptors (Lipinski definition) is 2. The highest BCUT2D eigenvalue weighted by molar-refractivity contribution is 5.80. The number of aromatic nitrogens is 1. The van der Waals surface area contributed by atoms with Gasteiger partial charge in [-0.05, 0) is 31.0 Å². The summed E-state index contributed by atoms with van der Waals surface area (Å²) in [6.07, 6.45) is 0.899. The van der Waals surface area contributed by atoms with Crippen LogP contribution < -0.4 is 0 Å². The van der Waals surface area contributed by atoms with Gasteiger partial charge in [0, 0.05) is 5.39 Å². The summed E-state index contributed by atoms with van der Waals surface area (Å²) in [5.74, 6) is 0. The quantitative estimate of drug-likeness (QED) is 0.640. The minimum atomic E-state index is 0.847. The van der Waals surface area contributed by atoms with E-state index in [9.17, 15) is 0 Å². The molecule has 2 rings (SSSR count). The van der Waals surface area contributed by atoms with E-state index in [0.29, 0.717) is 0 Å². The monoisotopic (exact) mass is 160 g/mol. The van der Waals surface area contributed by atoms with Crippen LogP contribution in [0.5, 0.6) is 0 Å². The summed E-state index contributed by atoms with van der Waals surface area (Å²) >= 11 is 0. The molecule has 0 saturated heterocycles. The summed E-state index contributed by atoms with van der Waals surface area (Å²) in [4.78, 5) is 0. The highest BCUT2D eigenvalue weighted by Crippen LogP contribution is 2.19. The first-order valence-corrected chi connectivity index (χ1v) is 4.01. The smallest absolute Gasteiger partial charge is 0.167 e. The van der Waals surface area contributed by atoms with Gasteiger partial charge in [-0.15, -0.1) is 0 Å². The first-order valence-electron chi connectivity index (χ1n) is 4.01. The third-order valence-corrected chi connectivity index (χ3v) is 1.94. The maximum absolute atomic E-state index is 5.12. The molecule has 2 nitrogen and oxygen atoms in total. The van der Waals surface area contributed by atoms with Gasteiger partial charge in [0.15, 0.2) is 5.58 Å². The Morgan fingerprint density at radius 2 is 2.33 bits per heavy atom. The molecule has 1 aromatic heterocycles. The topological polar surface area (TPSA) is 26.0 Å². The Kier molecular flexibility index (Phi) is 1.61. The highest BCUT2D eigenvalue weighted by atomic mass is 16.5. The molecule has 0 unspecified atom stereocenters. The molecular weight excluding hydrogens is 150 g/mol. The van der Waals surface area contributed by atoms with E-state index in [-0.39, 0.29) is 0 Å². The van der Waals surface area contributed by atoms with Crippen LogP contribution in [0.25, 0.3) is 11.0 Å². The van der Waals surface area contributed by atoms with Crippen molar-refractivity contribution in [1.29, 1.82) is 0 Å². The molecule has 0 fully saturated rings. The van der Waals surface area contributed by atoms with Gasteiger partial charge in [0.1, 0.15) is 0 Å². The third-order valence-electron chi connectivity index (χ3n) is 1.94. The van der Waals surface area contributed by atoms with Crippen molar-refractivity contribution < 1.29 is 4.52 Å². The Balaban J connectivity index is 2.75. The standard InChI is InChI=1S/C10H10NO/c1-3-9-8-6-7(2)4-5-10(8)12-11-9/h4-6H,2-3H2,1H3. The molecule has 12 heavy (non-hydrogen) atoms. The number of fused-ring (bicyclic) bond motifs is 1. The molecule has 0 aliphatic rings. The van der Waals surface area contributed by atoms with E-state index < -0.39 is 0 Å². The number of benzene rings is 1. The largest absolute Gasteiger partial charge is 0.356 e. The molecule has 1 heterocycles. The van der Waals surface area contributed by atoms with E-state index in [1.807, 2.05) is 18.2 Å². The maximum Gasteiger partial charge on any atom is 0.167 e. The zero-order valence-electron chi connectivity index (χ0n) is 7.00. The van der Waals surface area contributed by atoms with Crippen LogP contribution in [0, 0.1) is 6.92 Å². The lowest BCUT2D eigenvalue weighted by molar-refractivity contribution is 0.447. The van der Waals surface area contributed by atoms with E-state index in [1.165, 1.54) is 0 Å². The SMILES string of the molecule is [CH2]c1ccc2onc(CC)c2c1. The van der Waals surface area contributed by atoms with Gasteiger partial charge in [0.2, 0.25) is 0 Å². The van der Waals surface area contributed by atoms with Crippen molar-refractivity contribution in [2.75, 3.05) is 0 Å². The van der Waals surface area contributed by atoms with Gasteiger partial charge in [-0.3, -0.25) is 0 Å². The van der Waals surface area contributed by atoms with Gasteiger partial charge in [0.25, 0.3) is 0 Å². The lowest BCUT2D eigenvalue weighted by atomic mass is 10.1. The lowest BCUT2D eigenvalue weighted by Gasteiger charge is -1.91. The summed E-state index contributed by atoms with van der Waals surface area (Å²) in [5.41, 5.74) is 2.86. The number of hydrogen-bond donors (Lipinski definition) is 0. The van der Waals surface area contributed by atoms with E-state index in [1.54, 1.807) is 0 Å². The van der Waals surface area contributed by atoms with E-state index in [4.69, 9.17) is 4.52 Å². The van der Waals surface area contributed by atoms with Crippen molar-refractivity contribution >= 4 is 11.0 Å². The van der Waals surface area contributed by atoms with Crippen molar-refractivity contribution in [2.24, 2.45) is 0 Å². The van der Waals surface area contributed by atoms with Crippen LogP contribution in [0.15, 0.2) is 22.7 Å². The van der Waals surface area contributed by atoms with Crippen molar-refractivity contribution in [1.82, 2.24) is 5.16 Å². The lowest BCUT2D eigenvalue weighted by Crippen LogP contribution is -1.79. The molecule has 1 radical (unpaired) electrons. The number of rotatable bonds is 1. The Hall–Kier alpha value is -1.31. The second-order valence-electron chi connectivity index (χ2n) is 2.81. The molecule has 0 amide bonds. The van der Waals surface area contributed by atoms with Gasteiger partial charge in [-0.1, -0.05) is 18.1 Å². The van der Waals surface area contributed by atoms with Crippen molar-refractivity contribution in [3.8, 4) is 0 Å². The molecule has 2 aromatic rings. The average molecular weight is 160 g/mol. The molecule has 0 bridgehead atoms. The normalized spacial score (nSPS) is 10.8. The van der Waals surface area contributed by atoms with Crippen LogP contribution in [0.4, 0.5) is 0 Å². The number of aryl methyl sites for hydroxylation is 1. The van der Waals surface area contributed by atoms with Crippen molar-refractivity contribution in [3.63, 3.8) is 0 Å². The average Bonchev–Trinajstić information content (AvgIpc) is 2.46. The Morgan fingerprint density at radius 3 is 3.08 bits per heavy atom. The minimum absolute atomic E-state index is 0.847. The van der Waals surface area contributed by atoms with Gasteiger partial charge in [0.05, 0.1) is 5.69 Å². The van der Waals surface area contributed by atoms with Crippen LogP contribution in [0.1, 0.15) is 18.2 Å². The Bertz CT molecular complexity index is 403. The van der Waals surface area contributed by atoms with Crippen LogP contribution >= 0.6 is 0 Å². The van der Waals surface area contributed by atoms with Crippen LogP contribution in [0.3, 0.4) is 0 Å². The predicted octanol–water partition coefficient (Wildman–Crippen LogP) is 2.57. The van der Waals surface area contributed by atoms with Crippen LogP contribution in [-0.2, 0) is 6.42 Å². The Labute approximate surface area is 71.2 Å². The molecular formula is C10H10NO.